The van der Waals surface area contributed by atoms with Crippen LogP contribution in [0.2, 0.25) is 0 Å². The molecular weight excluding hydrogens is 323 g/mol. The predicted octanol–water partition coefficient (Wildman–Crippen LogP) is 4.79. The van der Waals surface area contributed by atoms with Crippen molar-refractivity contribution in [3.8, 4) is 0 Å². The van der Waals surface area contributed by atoms with Crippen LogP contribution in [0.1, 0.15) is 5.56 Å². The Morgan fingerprint density at radius 2 is 1.24 bits per heavy atom. The summed E-state index contributed by atoms with van der Waals surface area (Å²) >= 11 is 0. The maximum atomic E-state index is 14.5. The van der Waals surface area contributed by atoms with Crippen molar-refractivity contribution >= 4 is 33.8 Å². The SMILES string of the molecule is Cc1ccccc1[P@](=O)(c1ccccc1)c1ccc2ccccc2c1. The van der Waals surface area contributed by atoms with E-state index in [9.17, 15) is 4.57 Å². The Balaban J connectivity index is 2.04. The van der Waals surface area contributed by atoms with Crippen LogP contribution in [0, 0.1) is 6.92 Å². The molecule has 0 aromatic heterocycles. The number of aryl methyl sites for hydroxylation is 1. The van der Waals surface area contributed by atoms with Crippen LogP contribution in [-0.4, -0.2) is 0 Å². The fourth-order valence-corrected chi connectivity index (χ4v) is 6.27. The molecule has 0 aliphatic carbocycles. The van der Waals surface area contributed by atoms with E-state index in [1.54, 1.807) is 0 Å². The minimum Gasteiger partial charge on any atom is -0.309 e. The van der Waals surface area contributed by atoms with Gasteiger partial charge in [0.2, 0.25) is 0 Å². The number of fused-ring (bicyclic) bond motifs is 1. The maximum Gasteiger partial charge on any atom is 0.171 e. The Hall–Kier alpha value is -2.63. The van der Waals surface area contributed by atoms with Gasteiger partial charge < -0.3 is 4.57 Å². The molecule has 0 spiro atoms. The van der Waals surface area contributed by atoms with Gasteiger partial charge >= 0.3 is 0 Å². The summed E-state index contributed by atoms with van der Waals surface area (Å²) in [5.74, 6) is 0. The van der Waals surface area contributed by atoms with E-state index < -0.39 is 7.14 Å². The summed E-state index contributed by atoms with van der Waals surface area (Å²) < 4.78 is 14.5. The van der Waals surface area contributed by atoms with Crippen LogP contribution in [0.25, 0.3) is 10.8 Å². The van der Waals surface area contributed by atoms with Crippen molar-refractivity contribution in [2.45, 2.75) is 6.92 Å². The zero-order chi connectivity index (χ0) is 17.3. The van der Waals surface area contributed by atoms with Gasteiger partial charge in [-0.3, -0.25) is 0 Å². The zero-order valence-corrected chi connectivity index (χ0v) is 15.0. The van der Waals surface area contributed by atoms with Crippen LogP contribution in [0.4, 0.5) is 0 Å². The Morgan fingerprint density at radius 3 is 2.00 bits per heavy atom. The van der Waals surface area contributed by atoms with Crippen molar-refractivity contribution in [1.29, 1.82) is 0 Å². The lowest BCUT2D eigenvalue weighted by Gasteiger charge is -2.22. The minimum atomic E-state index is -2.92. The molecule has 0 bridgehead atoms. The fourth-order valence-electron chi connectivity index (χ4n) is 3.35. The lowest BCUT2D eigenvalue weighted by atomic mass is 10.1. The van der Waals surface area contributed by atoms with Gasteiger partial charge in [0.15, 0.2) is 7.14 Å². The van der Waals surface area contributed by atoms with Crippen LogP contribution in [-0.2, 0) is 4.57 Å². The van der Waals surface area contributed by atoms with Crippen molar-refractivity contribution in [1.82, 2.24) is 0 Å². The molecule has 0 aliphatic rings. The Bertz CT molecular complexity index is 1080. The van der Waals surface area contributed by atoms with Crippen molar-refractivity contribution in [2.24, 2.45) is 0 Å². The molecule has 4 aromatic carbocycles. The molecule has 0 fully saturated rings. The number of rotatable bonds is 3. The van der Waals surface area contributed by atoms with Gasteiger partial charge in [-0.15, -0.1) is 0 Å². The second-order valence-corrected chi connectivity index (χ2v) is 9.00. The molecule has 0 heterocycles. The van der Waals surface area contributed by atoms with Crippen molar-refractivity contribution in [2.75, 3.05) is 0 Å². The van der Waals surface area contributed by atoms with Crippen LogP contribution >= 0.6 is 7.14 Å². The highest BCUT2D eigenvalue weighted by Crippen LogP contribution is 2.43. The third-order valence-electron chi connectivity index (χ3n) is 4.67. The fraction of sp³-hybridized carbons (Fsp3) is 0.0435. The molecule has 0 saturated carbocycles. The Kier molecular flexibility index (Phi) is 4.03. The molecule has 0 radical (unpaired) electrons. The third kappa shape index (κ3) is 2.71. The lowest BCUT2D eigenvalue weighted by Crippen LogP contribution is -2.26. The lowest BCUT2D eigenvalue weighted by molar-refractivity contribution is 0.592. The van der Waals surface area contributed by atoms with Crippen molar-refractivity contribution in [3.05, 3.63) is 103 Å². The minimum absolute atomic E-state index is 0.875. The molecule has 1 nitrogen and oxygen atoms in total. The monoisotopic (exact) mass is 342 g/mol. The largest absolute Gasteiger partial charge is 0.309 e. The van der Waals surface area contributed by atoms with Gasteiger partial charge in [-0.05, 0) is 29.3 Å². The van der Waals surface area contributed by atoms with E-state index in [0.29, 0.717) is 0 Å². The topological polar surface area (TPSA) is 17.1 Å². The summed E-state index contributed by atoms with van der Waals surface area (Å²) in [6, 6.07) is 32.2. The van der Waals surface area contributed by atoms with Gasteiger partial charge in [-0.1, -0.05) is 91.0 Å². The van der Waals surface area contributed by atoms with E-state index in [2.05, 4.69) is 24.3 Å². The van der Waals surface area contributed by atoms with Crippen LogP contribution < -0.4 is 15.9 Å². The molecule has 0 amide bonds. The first kappa shape index (κ1) is 15.9. The zero-order valence-electron chi connectivity index (χ0n) is 14.1. The molecule has 25 heavy (non-hydrogen) atoms. The average Bonchev–Trinajstić information content (AvgIpc) is 2.68. The molecule has 0 aliphatic heterocycles. The molecule has 2 heteroatoms. The Labute approximate surface area is 148 Å². The molecule has 4 aromatic rings. The second-order valence-electron chi connectivity index (χ2n) is 6.26. The summed E-state index contributed by atoms with van der Waals surface area (Å²) in [4.78, 5) is 0. The standard InChI is InChI=1S/C23H19OP/c1-18-9-5-8-14-23(18)25(24,21-12-3-2-4-13-21)22-16-15-19-10-6-7-11-20(19)17-22/h2-17H,1H3/t25-/m0/s1. The molecule has 0 unspecified atom stereocenters. The van der Waals surface area contributed by atoms with Gasteiger partial charge in [-0.2, -0.15) is 0 Å². The molecular formula is C23H19OP. The van der Waals surface area contributed by atoms with Crippen LogP contribution in [0.3, 0.4) is 0 Å². The van der Waals surface area contributed by atoms with E-state index in [-0.39, 0.29) is 0 Å². The summed E-state index contributed by atoms with van der Waals surface area (Å²) in [6.45, 7) is 2.03. The van der Waals surface area contributed by atoms with E-state index in [1.165, 1.54) is 0 Å². The maximum absolute atomic E-state index is 14.5. The van der Waals surface area contributed by atoms with E-state index in [4.69, 9.17) is 0 Å². The quantitative estimate of drug-likeness (QED) is 0.489. The smallest absolute Gasteiger partial charge is 0.171 e. The summed E-state index contributed by atoms with van der Waals surface area (Å²) in [5, 5.41) is 4.95. The third-order valence-corrected chi connectivity index (χ3v) is 7.88. The molecule has 122 valence electrons. The highest BCUT2D eigenvalue weighted by molar-refractivity contribution is 7.85. The molecule has 0 N–H and O–H groups in total. The van der Waals surface area contributed by atoms with Crippen molar-refractivity contribution in [3.63, 3.8) is 0 Å². The predicted molar refractivity (Wildman–Crippen MR) is 108 cm³/mol. The van der Waals surface area contributed by atoms with Crippen LogP contribution in [0.15, 0.2) is 97.1 Å². The molecule has 0 saturated heterocycles. The first-order chi connectivity index (χ1) is 12.2. The molecule has 1 atom stereocenters. The van der Waals surface area contributed by atoms with E-state index in [1.807, 2.05) is 79.7 Å². The van der Waals surface area contributed by atoms with Gasteiger partial charge in [0.05, 0.1) is 0 Å². The van der Waals surface area contributed by atoms with E-state index >= 15 is 0 Å². The molecule has 4 rings (SSSR count). The van der Waals surface area contributed by atoms with Gasteiger partial charge in [0.25, 0.3) is 0 Å². The summed E-state index contributed by atoms with van der Waals surface area (Å²) in [5.41, 5.74) is 1.06. The van der Waals surface area contributed by atoms with Gasteiger partial charge in [-0.25, -0.2) is 0 Å². The van der Waals surface area contributed by atoms with E-state index in [0.717, 1.165) is 32.2 Å². The second kappa shape index (κ2) is 6.35. The summed E-state index contributed by atoms with van der Waals surface area (Å²) in [7, 11) is -2.92. The van der Waals surface area contributed by atoms with Gasteiger partial charge in [0.1, 0.15) is 0 Å². The highest BCUT2D eigenvalue weighted by Gasteiger charge is 2.30. The first-order valence-electron chi connectivity index (χ1n) is 8.41. The normalized spacial score (nSPS) is 13.5. The van der Waals surface area contributed by atoms with Crippen molar-refractivity contribution < 1.29 is 4.57 Å². The number of hydrogen-bond donors (Lipinski definition) is 0. The number of hydrogen-bond acceptors (Lipinski definition) is 1. The van der Waals surface area contributed by atoms with Crippen LogP contribution in [0.5, 0.6) is 0 Å². The first-order valence-corrected chi connectivity index (χ1v) is 10.1. The average molecular weight is 342 g/mol. The highest BCUT2D eigenvalue weighted by atomic mass is 31.2. The number of benzene rings is 4. The Morgan fingerprint density at radius 1 is 0.600 bits per heavy atom. The van der Waals surface area contributed by atoms with Gasteiger partial charge in [0, 0.05) is 15.9 Å². The summed E-state index contributed by atoms with van der Waals surface area (Å²) in [6.07, 6.45) is 0.